The lowest BCUT2D eigenvalue weighted by Gasteiger charge is -2.21. The molecule has 1 unspecified atom stereocenters. The van der Waals surface area contributed by atoms with Crippen molar-refractivity contribution in [1.82, 2.24) is 10.2 Å². The first-order valence-corrected chi connectivity index (χ1v) is 7.72. The number of rotatable bonds is 8. The van der Waals surface area contributed by atoms with Gasteiger partial charge in [-0.05, 0) is 45.8 Å². The van der Waals surface area contributed by atoms with Crippen molar-refractivity contribution in [2.24, 2.45) is 0 Å². The molecule has 4 heteroatoms. The molecule has 0 saturated heterocycles. The molecule has 0 heterocycles. The highest BCUT2D eigenvalue weighted by atomic mass is 32.1. The maximum absolute atomic E-state index is 11.9. The largest absolute Gasteiger partial charge is 0.355 e. The standard InChI is InChI=1S/C16H26N2OS/c1-13(2)18(3)11-7-10-17-16(19)15(20)12-14-8-5-4-6-9-14/h4-6,8-9,13,15,20H,7,10-12H2,1-3H3,(H,17,19). The molecular weight excluding hydrogens is 268 g/mol. The average Bonchev–Trinajstić information content (AvgIpc) is 2.43. The van der Waals surface area contributed by atoms with Crippen LogP contribution in [-0.2, 0) is 11.2 Å². The summed E-state index contributed by atoms with van der Waals surface area (Å²) in [6.07, 6.45) is 1.63. The van der Waals surface area contributed by atoms with E-state index in [0.717, 1.165) is 18.5 Å². The van der Waals surface area contributed by atoms with Crippen molar-refractivity contribution < 1.29 is 4.79 Å². The molecule has 112 valence electrons. The molecule has 1 N–H and O–H groups in total. The lowest BCUT2D eigenvalue weighted by molar-refractivity contribution is -0.120. The van der Waals surface area contributed by atoms with Crippen molar-refractivity contribution in [2.45, 2.75) is 38.0 Å². The van der Waals surface area contributed by atoms with Gasteiger partial charge in [0.25, 0.3) is 0 Å². The van der Waals surface area contributed by atoms with E-state index in [1.54, 1.807) is 0 Å². The zero-order chi connectivity index (χ0) is 15.0. The Labute approximate surface area is 128 Å². The lowest BCUT2D eigenvalue weighted by atomic mass is 10.1. The van der Waals surface area contributed by atoms with Crippen LogP contribution in [0.3, 0.4) is 0 Å². The van der Waals surface area contributed by atoms with E-state index in [4.69, 9.17) is 0 Å². The quantitative estimate of drug-likeness (QED) is 0.570. The van der Waals surface area contributed by atoms with Crippen molar-refractivity contribution >= 4 is 18.5 Å². The van der Waals surface area contributed by atoms with Crippen molar-refractivity contribution in [3.05, 3.63) is 35.9 Å². The van der Waals surface area contributed by atoms with Gasteiger partial charge in [0.1, 0.15) is 0 Å². The zero-order valence-corrected chi connectivity index (χ0v) is 13.6. The summed E-state index contributed by atoms with van der Waals surface area (Å²) in [5, 5.41) is 2.68. The predicted octanol–water partition coefficient (Wildman–Crippen LogP) is 2.37. The molecule has 0 bridgehead atoms. The van der Waals surface area contributed by atoms with Gasteiger partial charge in [-0.2, -0.15) is 12.6 Å². The summed E-state index contributed by atoms with van der Waals surface area (Å²) in [6.45, 7) is 6.04. The van der Waals surface area contributed by atoms with Crippen LogP contribution in [0.15, 0.2) is 30.3 Å². The highest BCUT2D eigenvalue weighted by Crippen LogP contribution is 2.07. The lowest BCUT2D eigenvalue weighted by Crippen LogP contribution is -2.35. The second kappa shape index (κ2) is 9.03. The molecule has 1 amide bonds. The summed E-state index contributed by atoms with van der Waals surface area (Å²) in [7, 11) is 2.10. The number of nitrogens with one attached hydrogen (secondary N) is 1. The average molecular weight is 294 g/mol. The fourth-order valence-electron chi connectivity index (χ4n) is 1.85. The van der Waals surface area contributed by atoms with Crippen LogP contribution in [-0.4, -0.2) is 42.2 Å². The van der Waals surface area contributed by atoms with Crippen LogP contribution >= 0.6 is 12.6 Å². The molecule has 3 nitrogen and oxygen atoms in total. The number of carbonyl (C=O) groups excluding carboxylic acids is 1. The van der Waals surface area contributed by atoms with Gasteiger partial charge in [-0.3, -0.25) is 4.79 Å². The van der Waals surface area contributed by atoms with Gasteiger partial charge in [0, 0.05) is 12.6 Å². The van der Waals surface area contributed by atoms with Gasteiger partial charge in [0.15, 0.2) is 0 Å². The number of amides is 1. The molecule has 1 rings (SSSR count). The number of nitrogens with zero attached hydrogens (tertiary/aromatic N) is 1. The Morgan fingerprint density at radius 3 is 2.55 bits per heavy atom. The number of hydrogen-bond acceptors (Lipinski definition) is 3. The Balaban J connectivity index is 2.22. The second-order valence-electron chi connectivity index (χ2n) is 5.42. The third-order valence-corrected chi connectivity index (χ3v) is 3.86. The Morgan fingerprint density at radius 1 is 1.30 bits per heavy atom. The number of carbonyl (C=O) groups is 1. The van der Waals surface area contributed by atoms with Gasteiger partial charge in [0.2, 0.25) is 5.91 Å². The van der Waals surface area contributed by atoms with Gasteiger partial charge in [-0.25, -0.2) is 0 Å². The fourth-order valence-corrected chi connectivity index (χ4v) is 2.15. The third-order valence-electron chi connectivity index (χ3n) is 3.44. The van der Waals surface area contributed by atoms with Crippen LogP contribution in [0.25, 0.3) is 0 Å². The van der Waals surface area contributed by atoms with Crippen LogP contribution in [0, 0.1) is 0 Å². The number of thiol groups is 1. The summed E-state index contributed by atoms with van der Waals surface area (Å²) < 4.78 is 0. The molecular formula is C16H26N2OS. The smallest absolute Gasteiger partial charge is 0.233 e. The van der Waals surface area contributed by atoms with Gasteiger partial charge in [-0.1, -0.05) is 30.3 Å². The molecule has 1 atom stereocenters. The SMILES string of the molecule is CC(C)N(C)CCCNC(=O)C(S)Cc1ccccc1. The van der Waals surface area contributed by atoms with E-state index >= 15 is 0 Å². The predicted molar refractivity (Wildman–Crippen MR) is 88.3 cm³/mol. The molecule has 0 spiro atoms. The van der Waals surface area contributed by atoms with E-state index in [1.807, 2.05) is 30.3 Å². The number of benzene rings is 1. The van der Waals surface area contributed by atoms with Crippen molar-refractivity contribution in [3.8, 4) is 0 Å². The summed E-state index contributed by atoms with van der Waals surface area (Å²) >= 11 is 4.39. The van der Waals surface area contributed by atoms with Gasteiger partial charge in [-0.15, -0.1) is 0 Å². The van der Waals surface area contributed by atoms with Crippen molar-refractivity contribution in [3.63, 3.8) is 0 Å². The Kier molecular flexibility index (Phi) is 7.70. The molecule has 0 radical (unpaired) electrons. The van der Waals surface area contributed by atoms with E-state index in [1.165, 1.54) is 0 Å². The molecule has 0 aliphatic rings. The minimum atomic E-state index is -0.278. The number of hydrogen-bond donors (Lipinski definition) is 2. The fraction of sp³-hybridized carbons (Fsp3) is 0.562. The zero-order valence-electron chi connectivity index (χ0n) is 12.7. The first-order valence-electron chi connectivity index (χ1n) is 7.20. The van der Waals surface area contributed by atoms with E-state index in [2.05, 4.69) is 43.7 Å². The molecule has 20 heavy (non-hydrogen) atoms. The van der Waals surface area contributed by atoms with Crippen LogP contribution in [0.5, 0.6) is 0 Å². The van der Waals surface area contributed by atoms with Crippen LogP contribution in [0.4, 0.5) is 0 Å². The molecule has 0 fully saturated rings. The molecule has 1 aromatic rings. The normalized spacial score (nSPS) is 12.7. The second-order valence-corrected chi connectivity index (χ2v) is 6.05. The van der Waals surface area contributed by atoms with E-state index in [0.29, 0.717) is 19.0 Å². The maximum Gasteiger partial charge on any atom is 0.233 e. The minimum Gasteiger partial charge on any atom is -0.355 e. The Hall–Kier alpha value is -1.00. The van der Waals surface area contributed by atoms with Crippen LogP contribution in [0.2, 0.25) is 0 Å². The van der Waals surface area contributed by atoms with Gasteiger partial charge >= 0.3 is 0 Å². The Bertz CT molecular complexity index is 395. The minimum absolute atomic E-state index is 0.0180. The highest BCUT2D eigenvalue weighted by molar-refractivity contribution is 7.81. The summed E-state index contributed by atoms with van der Waals surface area (Å²) in [4.78, 5) is 14.2. The van der Waals surface area contributed by atoms with Crippen molar-refractivity contribution in [1.29, 1.82) is 0 Å². The summed E-state index contributed by atoms with van der Waals surface area (Å²) in [5.41, 5.74) is 1.14. The molecule has 0 aromatic heterocycles. The molecule has 1 aromatic carbocycles. The van der Waals surface area contributed by atoms with E-state index in [-0.39, 0.29) is 11.2 Å². The van der Waals surface area contributed by atoms with Gasteiger partial charge < -0.3 is 10.2 Å². The molecule has 0 aliphatic heterocycles. The highest BCUT2D eigenvalue weighted by Gasteiger charge is 2.13. The molecule has 0 aliphatic carbocycles. The van der Waals surface area contributed by atoms with Crippen molar-refractivity contribution in [2.75, 3.05) is 20.1 Å². The first kappa shape index (κ1) is 17.1. The van der Waals surface area contributed by atoms with E-state index < -0.39 is 0 Å². The molecule has 0 saturated carbocycles. The van der Waals surface area contributed by atoms with Crippen LogP contribution < -0.4 is 5.32 Å². The maximum atomic E-state index is 11.9. The summed E-state index contributed by atoms with van der Waals surface area (Å²) in [5.74, 6) is 0.0180. The third kappa shape index (κ3) is 6.44. The Morgan fingerprint density at radius 2 is 1.95 bits per heavy atom. The monoisotopic (exact) mass is 294 g/mol. The summed E-state index contributed by atoms with van der Waals surface area (Å²) in [6, 6.07) is 10.5. The van der Waals surface area contributed by atoms with E-state index in [9.17, 15) is 4.79 Å². The first-order chi connectivity index (χ1) is 9.50. The topological polar surface area (TPSA) is 32.3 Å². The van der Waals surface area contributed by atoms with Crippen LogP contribution in [0.1, 0.15) is 25.8 Å². The van der Waals surface area contributed by atoms with Gasteiger partial charge in [0.05, 0.1) is 5.25 Å².